The van der Waals surface area contributed by atoms with Crippen molar-refractivity contribution in [1.82, 2.24) is 4.98 Å². The molecule has 1 aromatic carbocycles. The topological polar surface area (TPSA) is 15.8 Å². The van der Waals surface area contributed by atoms with E-state index < -0.39 is 0 Å². The van der Waals surface area contributed by atoms with Crippen LogP contribution in [0.3, 0.4) is 0 Å². The van der Waals surface area contributed by atoms with E-state index in [2.05, 4.69) is 33.6 Å². The Morgan fingerprint density at radius 2 is 1.52 bits per heavy atom. The molecule has 0 saturated carbocycles. The third-order valence-electron chi connectivity index (χ3n) is 1.98. The molecule has 0 atom stereocenters. The maximum absolute atomic E-state index is 3.34. The summed E-state index contributed by atoms with van der Waals surface area (Å²) < 4.78 is 3.34. The monoisotopic (exact) mass is 432 g/mol. The van der Waals surface area contributed by atoms with Crippen LogP contribution in [0.2, 0.25) is 0 Å². The zero-order chi connectivity index (χ0) is 11.6. The van der Waals surface area contributed by atoms with Gasteiger partial charge in [-0.05, 0) is 0 Å². The number of benzene rings is 1. The summed E-state index contributed by atoms with van der Waals surface area (Å²) in [5.41, 5.74) is 1.15. The summed E-state index contributed by atoms with van der Waals surface area (Å²) in [4.78, 5) is 2.99. The van der Waals surface area contributed by atoms with Gasteiger partial charge in [0.15, 0.2) is 0 Å². The van der Waals surface area contributed by atoms with Gasteiger partial charge in [0.2, 0.25) is 0 Å². The molecule has 0 bridgehead atoms. The molecule has 0 fully saturated rings. The van der Waals surface area contributed by atoms with E-state index in [1.54, 1.807) is 0 Å². The molecule has 0 radical (unpaired) electrons. The molecule has 136 valence electrons. The fraction of sp³-hybridized carbons (Fsp3) is 0.0526. The average Bonchev–Trinajstić information content (AvgIpc) is 3.06. The molecule has 1 aliphatic rings. The summed E-state index contributed by atoms with van der Waals surface area (Å²) >= 11 is 1.30. The Hall–Kier alpha value is -0.427. The summed E-state index contributed by atoms with van der Waals surface area (Å²) in [6.07, 6.45) is 12.9. The number of aromatic amines is 1. The smallest absolute Gasteiger partial charge is 0.0745 e. The average molecular weight is 435 g/mol. The SMILES string of the molecule is Cl.Cl.[C-]1=CC=CC1.[CH2]=[Zr].[CH3-].[CH3-].[CH3-].[CH3-].[CH3-].[c-]1cc2ccccc2[nH]1. The standard InChI is InChI=1S/C8H6N.C5H5.5CH3.CH2.2ClH.Zr/c1-2-4-8-7(3-1)5-6-9-8;1-2-4-5-3-1;;;;;;;;;/h1-5,9H;1-3H,4H2;5*1H3;1H2;2*1H;/q7*-1;;;;. The molecule has 1 aliphatic carbocycles. The zero-order valence-corrected chi connectivity index (χ0v) is 18.9. The van der Waals surface area contributed by atoms with Gasteiger partial charge in [-0.1, -0.05) is 12.1 Å². The molecule has 2 aromatic rings. The van der Waals surface area contributed by atoms with Gasteiger partial charge in [0, 0.05) is 0 Å². The van der Waals surface area contributed by atoms with E-state index in [1.165, 1.54) is 29.6 Å². The first-order valence-electron chi connectivity index (χ1n) is 4.98. The van der Waals surface area contributed by atoms with Crippen molar-refractivity contribution in [3.63, 3.8) is 0 Å². The summed E-state index contributed by atoms with van der Waals surface area (Å²) in [5, 5.41) is 1.22. The van der Waals surface area contributed by atoms with Crippen molar-refractivity contribution in [2.24, 2.45) is 0 Å². The van der Waals surface area contributed by atoms with Gasteiger partial charge in [-0.2, -0.15) is 17.5 Å². The minimum absolute atomic E-state index is 0. The van der Waals surface area contributed by atoms with Gasteiger partial charge in [0.25, 0.3) is 0 Å². The maximum Gasteiger partial charge on any atom is -0.0745 e. The third kappa shape index (κ3) is 17.8. The number of allylic oxidation sites excluding steroid dienone is 4. The molecule has 0 unspecified atom stereocenters. The predicted octanol–water partition coefficient (Wildman–Crippen LogP) is 6.33. The van der Waals surface area contributed by atoms with E-state index in [9.17, 15) is 0 Å². The number of halogens is 2. The maximum atomic E-state index is 3.34. The van der Waals surface area contributed by atoms with Crippen molar-refractivity contribution in [1.29, 1.82) is 0 Å². The molecule has 23 heavy (non-hydrogen) atoms. The molecule has 4 heteroatoms. The minimum Gasteiger partial charge on any atom is -0.477 e. The van der Waals surface area contributed by atoms with Gasteiger partial charge in [-0.15, -0.1) is 55.1 Å². The number of H-pyrrole nitrogens is 1. The first kappa shape index (κ1) is 43.3. The van der Waals surface area contributed by atoms with Crippen LogP contribution in [0.1, 0.15) is 6.42 Å². The summed E-state index contributed by atoms with van der Waals surface area (Å²) in [5.74, 6) is 0. The molecule has 0 aliphatic heterocycles. The Labute approximate surface area is 172 Å². The molecular formula is C19H30Cl2NZr-7. The van der Waals surface area contributed by atoms with Gasteiger partial charge in [0.1, 0.15) is 0 Å². The van der Waals surface area contributed by atoms with Crippen LogP contribution in [-0.4, -0.2) is 9.20 Å². The Balaban J connectivity index is -0.0000000333. The Morgan fingerprint density at radius 1 is 0.957 bits per heavy atom. The molecule has 1 nitrogen and oxygen atoms in total. The van der Waals surface area contributed by atoms with E-state index in [0.29, 0.717) is 0 Å². The number of nitrogens with one attached hydrogen (secondary N) is 1. The second kappa shape index (κ2) is 29.6. The molecule has 0 amide bonds. The fourth-order valence-corrected chi connectivity index (χ4v) is 1.27. The summed E-state index contributed by atoms with van der Waals surface area (Å²) in [6.45, 7) is 0. The van der Waals surface area contributed by atoms with E-state index >= 15 is 0 Å². The van der Waals surface area contributed by atoms with Crippen molar-refractivity contribution in [3.8, 4) is 0 Å². The van der Waals surface area contributed by atoms with Crippen LogP contribution in [0.15, 0.2) is 48.6 Å². The van der Waals surface area contributed by atoms with Gasteiger partial charge >= 0.3 is 28.4 Å². The first-order chi connectivity index (χ1) is 7.97. The number of hydrogen-bond donors (Lipinski definition) is 1. The Kier molecular flexibility index (Phi) is 55.7. The molecular weight excluding hydrogens is 404 g/mol. The van der Waals surface area contributed by atoms with Crippen LogP contribution in [0.4, 0.5) is 0 Å². The number of aromatic nitrogens is 1. The van der Waals surface area contributed by atoms with Crippen molar-refractivity contribution in [2.75, 3.05) is 0 Å². The first-order valence-corrected chi connectivity index (χ1v) is 6.71. The number of fused-ring (bicyclic) bond motifs is 1. The molecule has 1 N–H and O–H groups in total. The van der Waals surface area contributed by atoms with Crippen LogP contribution in [0.25, 0.3) is 10.9 Å². The Bertz CT molecular complexity index is 439. The quantitative estimate of drug-likeness (QED) is 0.466. The van der Waals surface area contributed by atoms with E-state index in [4.69, 9.17) is 0 Å². The van der Waals surface area contributed by atoms with Crippen LogP contribution in [0.5, 0.6) is 0 Å². The zero-order valence-electron chi connectivity index (χ0n) is 14.8. The second-order valence-corrected chi connectivity index (χ2v) is 3.00. The van der Waals surface area contributed by atoms with Crippen molar-refractivity contribution in [2.45, 2.75) is 6.42 Å². The normalized spacial score (nSPS) is 7.96. The van der Waals surface area contributed by atoms with Crippen LogP contribution < -0.4 is 0 Å². The molecule has 0 spiro atoms. The van der Waals surface area contributed by atoms with Gasteiger partial charge in [0.05, 0.1) is 0 Å². The van der Waals surface area contributed by atoms with Gasteiger partial charge in [-0.25, -0.2) is 12.2 Å². The largest absolute Gasteiger partial charge is 0.477 e. The number of para-hydroxylation sites is 1. The third-order valence-corrected chi connectivity index (χ3v) is 1.98. The second-order valence-electron chi connectivity index (χ2n) is 3.00. The van der Waals surface area contributed by atoms with Crippen molar-refractivity contribution >= 4 is 39.9 Å². The summed E-state index contributed by atoms with van der Waals surface area (Å²) in [6, 6.07) is 10.1. The number of rotatable bonds is 0. The van der Waals surface area contributed by atoms with Gasteiger partial charge in [-0.3, -0.25) is 6.08 Å². The van der Waals surface area contributed by atoms with E-state index in [-0.39, 0.29) is 61.9 Å². The summed E-state index contributed by atoms with van der Waals surface area (Å²) in [7, 11) is 0. The van der Waals surface area contributed by atoms with Gasteiger partial charge < -0.3 is 42.1 Å². The molecule has 3 rings (SSSR count). The molecule has 1 heterocycles. The number of hydrogen-bond acceptors (Lipinski definition) is 0. The van der Waals surface area contributed by atoms with E-state index in [0.717, 1.165) is 11.9 Å². The minimum atomic E-state index is 0. The predicted molar refractivity (Wildman–Crippen MR) is 112 cm³/mol. The van der Waals surface area contributed by atoms with Crippen molar-refractivity contribution in [3.05, 3.63) is 98.0 Å². The Morgan fingerprint density at radius 3 is 1.91 bits per heavy atom. The molecule has 0 saturated heterocycles. The fourth-order valence-electron chi connectivity index (χ4n) is 1.27. The van der Waals surface area contributed by atoms with Crippen molar-refractivity contribution < 1.29 is 24.2 Å². The van der Waals surface area contributed by atoms with Crippen LogP contribution >= 0.6 is 24.8 Å². The molecule has 1 aromatic heterocycles. The van der Waals surface area contributed by atoms with Crippen LogP contribution in [0, 0.1) is 49.4 Å². The van der Waals surface area contributed by atoms with E-state index in [1.807, 2.05) is 36.4 Å². The van der Waals surface area contributed by atoms with Crippen LogP contribution in [-0.2, 0) is 24.2 Å².